The average Bonchev–Trinajstić information content (AvgIpc) is 2.37. The van der Waals surface area contributed by atoms with Crippen molar-refractivity contribution in [2.45, 2.75) is 25.6 Å². The molecule has 1 rings (SSSR count). The Morgan fingerprint density at radius 2 is 2.10 bits per heavy atom. The molecule has 0 spiro atoms. The Morgan fingerprint density at radius 3 is 2.70 bits per heavy atom. The number of likely N-dealkylation sites (N-methyl/N-ethyl adjacent to an activating group) is 1. The fraction of sp³-hybridized carbons (Fsp3) is 0.462. The molecule has 0 aliphatic carbocycles. The highest BCUT2D eigenvalue weighted by Crippen LogP contribution is 2.07. The van der Waals surface area contributed by atoms with Crippen LogP contribution in [0, 0.1) is 11.3 Å². The first kappa shape index (κ1) is 18.9. The maximum absolute atomic E-state index is 11.9. The predicted molar refractivity (Wildman–Crippen MR) is 82.2 cm³/mol. The first-order chi connectivity index (χ1) is 8.96. The lowest BCUT2D eigenvalue weighted by atomic mass is 10.2. The highest BCUT2D eigenvalue weighted by atomic mass is 35.5. The van der Waals surface area contributed by atoms with Crippen LogP contribution in [0.5, 0.6) is 0 Å². The Hall–Kier alpha value is -1.13. The summed E-state index contributed by atoms with van der Waals surface area (Å²) in [4.78, 5) is 0. The van der Waals surface area contributed by atoms with E-state index in [0.29, 0.717) is 17.7 Å². The van der Waals surface area contributed by atoms with Crippen molar-refractivity contribution in [1.82, 2.24) is 10.0 Å². The molecule has 0 radical (unpaired) electrons. The second-order valence-corrected chi connectivity index (χ2v) is 6.19. The minimum absolute atomic E-state index is 0. The van der Waals surface area contributed by atoms with E-state index in [-0.39, 0.29) is 24.2 Å². The Morgan fingerprint density at radius 1 is 1.40 bits per heavy atom. The molecule has 20 heavy (non-hydrogen) atoms. The monoisotopic (exact) mass is 317 g/mol. The predicted octanol–water partition coefficient (Wildman–Crippen LogP) is 1.40. The van der Waals surface area contributed by atoms with Crippen LogP contribution in [0.15, 0.2) is 24.3 Å². The number of hydrogen-bond donors (Lipinski definition) is 2. The lowest BCUT2D eigenvalue weighted by Gasteiger charge is -2.13. The summed E-state index contributed by atoms with van der Waals surface area (Å²) in [5.74, 6) is -0.110. The normalized spacial score (nSPS) is 12.2. The highest BCUT2D eigenvalue weighted by Gasteiger charge is 2.13. The third-order valence-electron chi connectivity index (χ3n) is 2.57. The van der Waals surface area contributed by atoms with Gasteiger partial charge in [0.25, 0.3) is 0 Å². The van der Waals surface area contributed by atoms with Gasteiger partial charge in [0.1, 0.15) is 0 Å². The van der Waals surface area contributed by atoms with Gasteiger partial charge in [0.05, 0.1) is 17.4 Å². The summed E-state index contributed by atoms with van der Waals surface area (Å²) in [7, 11) is -3.37. The van der Waals surface area contributed by atoms with E-state index >= 15 is 0 Å². The Balaban J connectivity index is 0.00000361. The molecule has 0 bridgehead atoms. The molecule has 0 aromatic heterocycles. The van der Waals surface area contributed by atoms with Crippen molar-refractivity contribution >= 4 is 22.4 Å². The molecule has 0 saturated heterocycles. The van der Waals surface area contributed by atoms with Gasteiger partial charge in [-0.05, 0) is 31.2 Å². The summed E-state index contributed by atoms with van der Waals surface area (Å²) in [5.41, 5.74) is 1.08. The maximum atomic E-state index is 11.9. The van der Waals surface area contributed by atoms with E-state index in [1.54, 1.807) is 24.3 Å². The molecule has 1 aromatic rings. The lowest BCUT2D eigenvalue weighted by molar-refractivity contribution is 0.535. The molecule has 1 aromatic carbocycles. The lowest BCUT2D eigenvalue weighted by Crippen LogP contribution is -2.39. The largest absolute Gasteiger partial charge is 0.313 e. The number of nitrogens with zero attached hydrogens (tertiary/aromatic N) is 1. The number of benzene rings is 1. The van der Waals surface area contributed by atoms with Gasteiger partial charge in [-0.1, -0.05) is 19.1 Å². The van der Waals surface area contributed by atoms with Crippen molar-refractivity contribution < 1.29 is 8.42 Å². The van der Waals surface area contributed by atoms with Crippen LogP contribution in [0.25, 0.3) is 0 Å². The number of nitrogens with one attached hydrogen (secondary N) is 2. The van der Waals surface area contributed by atoms with E-state index in [4.69, 9.17) is 5.26 Å². The van der Waals surface area contributed by atoms with Crippen molar-refractivity contribution in [3.63, 3.8) is 0 Å². The van der Waals surface area contributed by atoms with Crippen molar-refractivity contribution in [2.24, 2.45) is 0 Å². The summed E-state index contributed by atoms with van der Waals surface area (Å²) in [6, 6.07) is 8.71. The molecule has 1 atom stereocenters. The quantitative estimate of drug-likeness (QED) is 0.796. The summed E-state index contributed by atoms with van der Waals surface area (Å²) in [5, 5.41) is 11.9. The standard InChI is InChI=1S/C13H19N3O2S.ClH/c1-3-15-11(2)9-16-19(17,18)10-13-6-4-5-12(7-13)8-14;/h4-7,11,15-16H,3,9-10H2,1-2H3;1H/t11-;/m1./s1. The fourth-order valence-electron chi connectivity index (χ4n) is 1.67. The van der Waals surface area contributed by atoms with Crippen molar-refractivity contribution in [1.29, 1.82) is 5.26 Å². The highest BCUT2D eigenvalue weighted by molar-refractivity contribution is 7.88. The van der Waals surface area contributed by atoms with Gasteiger partial charge in [0.15, 0.2) is 0 Å². The minimum atomic E-state index is -3.37. The first-order valence-electron chi connectivity index (χ1n) is 6.16. The Labute approximate surface area is 126 Å². The summed E-state index contributed by atoms with van der Waals surface area (Å²) in [6.07, 6.45) is 0. The second-order valence-electron chi connectivity index (χ2n) is 4.38. The van der Waals surface area contributed by atoms with Gasteiger partial charge >= 0.3 is 0 Å². The zero-order chi connectivity index (χ0) is 14.3. The van der Waals surface area contributed by atoms with Crippen molar-refractivity contribution in [3.05, 3.63) is 35.4 Å². The minimum Gasteiger partial charge on any atom is -0.313 e. The van der Waals surface area contributed by atoms with Crippen LogP contribution in [0.2, 0.25) is 0 Å². The molecule has 0 saturated carbocycles. The molecule has 0 aliphatic heterocycles. The maximum Gasteiger partial charge on any atom is 0.215 e. The molecular formula is C13H20ClN3O2S. The zero-order valence-electron chi connectivity index (χ0n) is 11.6. The van der Waals surface area contributed by atoms with Crippen LogP contribution < -0.4 is 10.0 Å². The smallest absolute Gasteiger partial charge is 0.215 e. The second kappa shape index (κ2) is 8.93. The van der Waals surface area contributed by atoms with Crippen LogP contribution >= 0.6 is 12.4 Å². The van der Waals surface area contributed by atoms with E-state index in [9.17, 15) is 8.42 Å². The molecule has 7 heteroatoms. The number of hydrogen-bond acceptors (Lipinski definition) is 4. The van der Waals surface area contributed by atoms with Gasteiger partial charge in [-0.25, -0.2) is 13.1 Å². The zero-order valence-corrected chi connectivity index (χ0v) is 13.2. The van der Waals surface area contributed by atoms with Crippen molar-refractivity contribution in [2.75, 3.05) is 13.1 Å². The molecule has 0 unspecified atom stereocenters. The van der Waals surface area contributed by atoms with Crippen LogP contribution in [-0.4, -0.2) is 27.5 Å². The van der Waals surface area contributed by atoms with E-state index in [1.807, 2.05) is 19.9 Å². The Bertz CT molecular complexity index is 555. The molecular weight excluding hydrogens is 298 g/mol. The molecule has 0 amide bonds. The van der Waals surface area contributed by atoms with Crippen LogP contribution in [0.1, 0.15) is 25.0 Å². The van der Waals surface area contributed by atoms with Crippen LogP contribution in [0.3, 0.4) is 0 Å². The number of halogens is 1. The third-order valence-corrected chi connectivity index (χ3v) is 3.89. The number of nitriles is 1. The van der Waals surface area contributed by atoms with Gasteiger partial charge in [-0.3, -0.25) is 0 Å². The summed E-state index contributed by atoms with van der Waals surface area (Å²) >= 11 is 0. The molecule has 5 nitrogen and oxygen atoms in total. The third kappa shape index (κ3) is 6.87. The van der Waals surface area contributed by atoms with Crippen LogP contribution in [0.4, 0.5) is 0 Å². The molecule has 0 fully saturated rings. The van der Waals surface area contributed by atoms with E-state index in [0.717, 1.165) is 6.54 Å². The SMILES string of the molecule is CCN[C@H](C)CNS(=O)(=O)Cc1cccc(C#N)c1.Cl. The fourth-order valence-corrected chi connectivity index (χ4v) is 2.90. The Kier molecular flexibility index (Phi) is 8.42. The van der Waals surface area contributed by atoms with Gasteiger partial charge < -0.3 is 5.32 Å². The van der Waals surface area contributed by atoms with E-state index < -0.39 is 10.0 Å². The van der Waals surface area contributed by atoms with Crippen LogP contribution in [-0.2, 0) is 15.8 Å². The molecule has 2 N–H and O–H groups in total. The van der Waals surface area contributed by atoms with E-state index in [2.05, 4.69) is 10.0 Å². The van der Waals surface area contributed by atoms with Gasteiger partial charge in [-0.15, -0.1) is 12.4 Å². The van der Waals surface area contributed by atoms with Gasteiger partial charge in [-0.2, -0.15) is 5.26 Å². The summed E-state index contributed by atoms with van der Waals surface area (Å²) in [6.45, 7) is 5.04. The number of sulfonamides is 1. The number of rotatable bonds is 7. The first-order valence-corrected chi connectivity index (χ1v) is 7.82. The molecule has 0 aliphatic rings. The summed E-state index contributed by atoms with van der Waals surface area (Å²) < 4.78 is 26.3. The van der Waals surface area contributed by atoms with Crippen molar-refractivity contribution in [3.8, 4) is 6.07 Å². The van der Waals surface area contributed by atoms with Gasteiger partial charge in [0.2, 0.25) is 10.0 Å². The van der Waals surface area contributed by atoms with Gasteiger partial charge in [0, 0.05) is 12.6 Å². The molecule has 112 valence electrons. The van der Waals surface area contributed by atoms with E-state index in [1.165, 1.54) is 0 Å². The topological polar surface area (TPSA) is 82.0 Å². The molecule has 0 heterocycles. The average molecular weight is 318 g/mol.